The molecule has 0 amide bonds. The molecule has 2 rings (SSSR count). The third kappa shape index (κ3) is 5.98. The van der Waals surface area contributed by atoms with Crippen molar-refractivity contribution >= 4 is 0 Å². The van der Waals surface area contributed by atoms with Gasteiger partial charge in [0.2, 0.25) is 0 Å². The fourth-order valence-electron chi connectivity index (χ4n) is 5.18. The summed E-state index contributed by atoms with van der Waals surface area (Å²) < 4.78 is 0. The normalized spacial score (nSPS) is 26.9. The molecule has 2 aliphatic carbocycles. The molecule has 4 heteroatoms. The second kappa shape index (κ2) is 9.51. The van der Waals surface area contributed by atoms with Crippen LogP contribution in [0.2, 0.25) is 0 Å². The minimum atomic E-state index is -0.436. The van der Waals surface area contributed by atoms with Crippen molar-refractivity contribution in [2.24, 2.45) is 46.6 Å². The molecule has 3 unspecified atom stereocenters. The Labute approximate surface area is 149 Å². The van der Waals surface area contributed by atoms with E-state index in [0.717, 1.165) is 37.6 Å². The predicted octanol–water partition coefficient (Wildman–Crippen LogP) is 3.08. The van der Waals surface area contributed by atoms with Gasteiger partial charge in [-0.05, 0) is 68.7 Å². The highest BCUT2D eigenvalue weighted by molar-refractivity contribution is 4.92. The summed E-state index contributed by atoms with van der Waals surface area (Å²) in [5.74, 6) is 2.86. The van der Waals surface area contributed by atoms with E-state index in [-0.39, 0.29) is 0 Å². The molecule has 2 saturated carbocycles. The molecular formula is C20H42N4. The van der Waals surface area contributed by atoms with Gasteiger partial charge in [-0.2, -0.15) is 0 Å². The lowest BCUT2D eigenvalue weighted by molar-refractivity contribution is 0.0932. The van der Waals surface area contributed by atoms with Crippen molar-refractivity contribution in [3.8, 4) is 0 Å². The van der Waals surface area contributed by atoms with Crippen LogP contribution in [0, 0.1) is 23.7 Å². The molecule has 4 nitrogen and oxygen atoms in total. The van der Waals surface area contributed by atoms with Gasteiger partial charge in [-0.1, -0.05) is 45.4 Å². The average molecular weight is 339 g/mol. The van der Waals surface area contributed by atoms with Crippen LogP contribution in [0.15, 0.2) is 0 Å². The fourth-order valence-corrected chi connectivity index (χ4v) is 5.18. The van der Waals surface area contributed by atoms with Crippen molar-refractivity contribution in [2.75, 3.05) is 6.54 Å². The van der Waals surface area contributed by atoms with Crippen molar-refractivity contribution in [1.29, 1.82) is 0 Å². The minimum absolute atomic E-state index is 0.339. The molecule has 24 heavy (non-hydrogen) atoms. The lowest BCUT2D eigenvalue weighted by Crippen LogP contribution is -2.53. The first-order chi connectivity index (χ1) is 11.4. The first-order valence-electron chi connectivity index (χ1n) is 10.5. The SMILES string of the molecule is CC(CN)CCCC(N)C(C1CCCCC1)C1CCC(N)(N)CC1. The first-order valence-corrected chi connectivity index (χ1v) is 10.5. The molecule has 8 N–H and O–H groups in total. The Morgan fingerprint density at radius 1 is 0.917 bits per heavy atom. The summed E-state index contributed by atoms with van der Waals surface area (Å²) in [7, 11) is 0. The fraction of sp³-hybridized carbons (Fsp3) is 1.00. The lowest BCUT2D eigenvalue weighted by atomic mass is 9.65. The summed E-state index contributed by atoms with van der Waals surface area (Å²) >= 11 is 0. The topological polar surface area (TPSA) is 104 Å². The van der Waals surface area contributed by atoms with Crippen molar-refractivity contribution in [2.45, 2.75) is 95.7 Å². The molecule has 3 atom stereocenters. The summed E-state index contributed by atoms with van der Waals surface area (Å²) in [6.07, 6.45) is 14.8. The Kier molecular flexibility index (Phi) is 7.99. The number of nitrogens with two attached hydrogens (primary N) is 4. The predicted molar refractivity (Wildman–Crippen MR) is 103 cm³/mol. The quantitative estimate of drug-likeness (QED) is 0.510. The molecule has 142 valence electrons. The minimum Gasteiger partial charge on any atom is -0.330 e. The van der Waals surface area contributed by atoms with Crippen molar-refractivity contribution < 1.29 is 0 Å². The maximum atomic E-state index is 6.78. The van der Waals surface area contributed by atoms with E-state index in [9.17, 15) is 0 Å². The van der Waals surface area contributed by atoms with Gasteiger partial charge in [0, 0.05) is 6.04 Å². The van der Waals surface area contributed by atoms with E-state index in [1.807, 2.05) is 0 Å². The van der Waals surface area contributed by atoms with Crippen molar-refractivity contribution in [3.05, 3.63) is 0 Å². The number of rotatable bonds is 8. The van der Waals surface area contributed by atoms with E-state index in [4.69, 9.17) is 22.9 Å². The second-order valence-corrected chi connectivity index (χ2v) is 8.98. The van der Waals surface area contributed by atoms with Crippen LogP contribution in [-0.4, -0.2) is 18.2 Å². The van der Waals surface area contributed by atoms with E-state index in [0.29, 0.717) is 17.9 Å². The zero-order valence-corrected chi connectivity index (χ0v) is 15.9. The van der Waals surface area contributed by atoms with Gasteiger partial charge in [0.15, 0.2) is 0 Å². The summed E-state index contributed by atoms with van der Waals surface area (Å²) in [4.78, 5) is 0. The van der Waals surface area contributed by atoms with Gasteiger partial charge in [-0.25, -0.2) is 0 Å². The van der Waals surface area contributed by atoms with Gasteiger partial charge in [-0.3, -0.25) is 0 Å². The largest absolute Gasteiger partial charge is 0.330 e. The van der Waals surface area contributed by atoms with E-state index in [1.165, 1.54) is 57.8 Å². The maximum Gasteiger partial charge on any atom is 0.0636 e. The standard InChI is InChI=1S/C20H42N4/c1-15(14-21)6-5-9-18(22)19(16-7-3-2-4-8-16)17-10-12-20(23,24)13-11-17/h15-19H,2-14,21-24H2,1H3. The van der Waals surface area contributed by atoms with Crippen LogP contribution < -0.4 is 22.9 Å². The molecular weight excluding hydrogens is 296 g/mol. The molecule has 0 radical (unpaired) electrons. The first kappa shape index (κ1) is 20.2. The van der Waals surface area contributed by atoms with E-state index in [1.54, 1.807) is 0 Å². The van der Waals surface area contributed by atoms with Crippen LogP contribution in [0.25, 0.3) is 0 Å². The van der Waals surface area contributed by atoms with E-state index >= 15 is 0 Å². The van der Waals surface area contributed by atoms with Crippen LogP contribution in [0.5, 0.6) is 0 Å². The molecule has 0 aromatic rings. The molecule has 0 aliphatic heterocycles. The number of hydrogen-bond donors (Lipinski definition) is 4. The third-order valence-electron chi connectivity index (χ3n) is 6.83. The Morgan fingerprint density at radius 3 is 2.08 bits per heavy atom. The Hall–Kier alpha value is -0.160. The van der Waals surface area contributed by atoms with Crippen LogP contribution >= 0.6 is 0 Å². The molecule has 0 heterocycles. The van der Waals surface area contributed by atoms with Gasteiger partial charge in [0.1, 0.15) is 0 Å². The van der Waals surface area contributed by atoms with Crippen LogP contribution in [-0.2, 0) is 0 Å². The highest BCUT2D eigenvalue weighted by Gasteiger charge is 2.38. The summed E-state index contributed by atoms with van der Waals surface area (Å²) in [5.41, 5.74) is 24.4. The van der Waals surface area contributed by atoms with E-state index < -0.39 is 5.66 Å². The van der Waals surface area contributed by atoms with Gasteiger partial charge in [0.25, 0.3) is 0 Å². The van der Waals surface area contributed by atoms with Crippen LogP contribution in [0.1, 0.15) is 84.0 Å². The molecule has 0 aromatic carbocycles. The maximum absolute atomic E-state index is 6.78. The smallest absolute Gasteiger partial charge is 0.0636 e. The molecule has 2 aliphatic rings. The highest BCUT2D eigenvalue weighted by Crippen LogP contribution is 2.42. The van der Waals surface area contributed by atoms with Crippen molar-refractivity contribution in [3.63, 3.8) is 0 Å². The van der Waals surface area contributed by atoms with Gasteiger partial charge < -0.3 is 22.9 Å². The Balaban J connectivity index is 1.94. The molecule has 0 bridgehead atoms. The third-order valence-corrected chi connectivity index (χ3v) is 6.83. The highest BCUT2D eigenvalue weighted by atomic mass is 15.0. The van der Waals surface area contributed by atoms with Crippen LogP contribution in [0.3, 0.4) is 0 Å². The molecule has 2 fully saturated rings. The summed E-state index contributed by atoms with van der Waals surface area (Å²) in [5, 5.41) is 0. The molecule has 0 spiro atoms. The van der Waals surface area contributed by atoms with Crippen molar-refractivity contribution in [1.82, 2.24) is 0 Å². The monoisotopic (exact) mass is 338 g/mol. The molecule has 0 saturated heterocycles. The second-order valence-electron chi connectivity index (χ2n) is 8.98. The molecule has 0 aromatic heterocycles. The van der Waals surface area contributed by atoms with E-state index in [2.05, 4.69) is 6.92 Å². The van der Waals surface area contributed by atoms with Crippen LogP contribution in [0.4, 0.5) is 0 Å². The van der Waals surface area contributed by atoms with Gasteiger partial charge in [-0.15, -0.1) is 0 Å². The Morgan fingerprint density at radius 2 is 1.50 bits per heavy atom. The lowest BCUT2D eigenvalue weighted by Gasteiger charge is -2.44. The average Bonchev–Trinajstić information content (AvgIpc) is 2.57. The number of hydrogen-bond acceptors (Lipinski definition) is 4. The summed E-state index contributed by atoms with van der Waals surface area (Å²) in [6.45, 7) is 3.03. The van der Waals surface area contributed by atoms with Gasteiger partial charge >= 0.3 is 0 Å². The zero-order chi connectivity index (χ0) is 17.6. The van der Waals surface area contributed by atoms with Gasteiger partial charge in [0.05, 0.1) is 5.66 Å². The summed E-state index contributed by atoms with van der Waals surface area (Å²) in [6, 6.07) is 0.339. The Bertz CT molecular complexity index is 342. The zero-order valence-electron chi connectivity index (χ0n) is 15.9.